The van der Waals surface area contributed by atoms with Gasteiger partial charge in [-0.05, 0) is 55.7 Å². The lowest BCUT2D eigenvalue weighted by molar-refractivity contribution is 0.0507. The second-order valence-electron chi connectivity index (χ2n) is 8.56. The van der Waals surface area contributed by atoms with Crippen LogP contribution in [0, 0.1) is 6.92 Å². The van der Waals surface area contributed by atoms with Crippen LogP contribution in [0.3, 0.4) is 0 Å². The number of methoxy groups -OCH3 is 1. The van der Waals surface area contributed by atoms with Crippen molar-refractivity contribution in [2.45, 2.75) is 32.4 Å². The number of rotatable bonds is 7. The summed E-state index contributed by atoms with van der Waals surface area (Å²) in [5.41, 5.74) is 3.79. The highest BCUT2D eigenvalue weighted by atomic mass is 16.5. The lowest BCUT2D eigenvalue weighted by atomic mass is 10.1. The molecule has 0 N–H and O–H groups in total. The third kappa shape index (κ3) is 4.70. The molecule has 6 heteroatoms. The Balaban J connectivity index is 1.70. The van der Waals surface area contributed by atoms with Crippen molar-refractivity contribution in [3.63, 3.8) is 0 Å². The number of nitrogens with zero attached hydrogens (tertiary/aromatic N) is 3. The summed E-state index contributed by atoms with van der Waals surface area (Å²) in [7, 11) is 5.61. The zero-order valence-corrected chi connectivity index (χ0v) is 19.3. The highest BCUT2D eigenvalue weighted by Crippen LogP contribution is 2.27. The lowest BCUT2D eigenvalue weighted by Crippen LogP contribution is -2.37. The van der Waals surface area contributed by atoms with Gasteiger partial charge in [0.2, 0.25) is 0 Å². The molecule has 1 unspecified atom stereocenters. The number of para-hydroxylation sites is 1. The number of aryl methyl sites for hydroxylation is 1. The van der Waals surface area contributed by atoms with Gasteiger partial charge in [0.15, 0.2) is 0 Å². The van der Waals surface area contributed by atoms with Gasteiger partial charge in [-0.2, -0.15) is 0 Å². The normalized spacial score (nSPS) is 15.7. The van der Waals surface area contributed by atoms with Gasteiger partial charge in [-0.25, -0.2) is 4.98 Å². The van der Waals surface area contributed by atoms with E-state index in [9.17, 15) is 4.79 Å². The maximum atomic E-state index is 13.5. The van der Waals surface area contributed by atoms with Crippen LogP contribution in [0.2, 0.25) is 0 Å². The minimum absolute atomic E-state index is 0.0165. The smallest absolute Gasteiger partial charge is 0.254 e. The zero-order valence-electron chi connectivity index (χ0n) is 19.3. The molecule has 32 heavy (non-hydrogen) atoms. The first-order valence-corrected chi connectivity index (χ1v) is 11.1. The van der Waals surface area contributed by atoms with E-state index in [0.717, 1.165) is 53.0 Å². The molecule has 6 nitrogen and oxygen atoms in total. The molecule has 1 fully saturated rings. The third-order valence-corrected chi connectivity index (χ3v) is 5.96. The van der Waals surface area contributed by atoms with Gasteiger partial charge < -0.3 is 19.3 Å². The average molecular weight is 434 g/mol. The highest BCUT2D eigenvalue weighted by Gasteiger charge is 2.25. The Morgan fingerprint density at radius 2 is 1.97 bits per heavy atom. The van der Waals surface area contributed by atoms with Gasteiger partial charge in [-0.3, -0.25) is 4.79 Å². The summed E-state index contributed by atoms with van der Waals surface area (Å²) in [5.74, 6) is 1.60. The Labute approximate surface area is 189 Å². The van der Waals surface area contributed by atoms with Crippen molar-refractivity contribution in [3.05, 3.63) is 65.2 Å². The molecule has 1 aliphatic heterocycles. The monoisotopic (exact) mass is 433 g/mol. The average Bonchev–Trinajstić information content (AvgIpc) is 3.31. The number of benzene rings is 2. The molecule has 0 aliphatic carbocycles. The number of aromatic nitrogens is 1. The summed E-state index contributed by atoms with van der Waals surface area (Å²) in [6.45, 7) is 3.86. The van der Waals surface area contributed by atoms with Crippen LogP contribution in [0.1, 0.15) is 34.3 Å². The predicted octanol–water partition coefficient (Wildman–Crippen LogP) is 4.44. The highest BCUT2D eigenvalue weighted by molar-refractivity contribution is 5.94. The molecule has 1 amide bonds. The molecule has 0 saturated carbocycles. The van der Waals surface area contributed by atoms with Crippen molar-refractivity contribution in [3.8, 4) is 5.75 Å². The van der Waals surface area contributed by atoms with E-state index in [0.29, 0.717) is 18.7 Å². The predicted molar refractivity (Wildman–Crippen MR) is 128 cm³/mol. The number of carbonyl (C=O) groups excluding carboxylic acids is 1. The van der Waals surface area contributed by atoms with Crippen molar-refractivity contribution in [1.29, 1.82) is 0 Å². The number of hydrogen-bond acceptors (Lipinski definition) is 5. The van der Waals surface area contributed by atoms with Crippen LogP contribution in [0.15, 0.2) is 48.5 Å². The quantitative estimate of drug-likeness (QED) is 0.551. The minimum Gasteiger partial charge on any atom is -0.497 e. The van der Waals surface area contributed by atoms with Crippen LogP contribution in [-0.2, 0) is 11.3 Å². The standard InChI is InChI=1S/C26H31N3O3/c1-18-7-5-8-20-15-21(25(28(2)3)27-24(18)20)16-29(17-23-9-6-14-32-23)26(30)19-10-12-22(31-4)13-11-19/h5,7-8,10-13,15,23H,6,9,14,16-17H2,1-4H3. The van der Waals surface area contributed by atoms with Gasteiger partial charge >= 0.3 is 0 Å². The fraction of sp³-hybridized carbons (Fsp3) is 0.385. The molecule has 4 rings (SSSR count). The van der Waals surface area contributed by atoms with Crippen molar-refractivity contribution in [2.24, 2.45) is 0 Å². The summed E-state index contributed by atoms with van der Waals surface area (Å²) in [5, 5.41) is 1.08. The molecule has 1 atom stereocenters. The van der Waals surface area contributed by atoms with E-state index in [2.05, 4.69) is 25.1 Å². The SMILES string of the molecule is COc1ccc(C(=O)N(Cc2cc3cccc(C)c3nc2N(C)C)CC2CCCO2)cc1. The fourth-order valence-corrected chi connectivity index (χ4v) is 4.26. The first kappa shape index (κ1) is 22.1. The van der Waals surface area contributed by atoms with E-state index in [4.69, 9.17) is 14.5 Å². The molecular weight excluding hydrogens is 402 g/mol. The number of ether oxygens (including phenoxy) is 2. The minimum atomic E-state index is -0.0165. The largest absolute Gasteiger partial charge is 0.497 e. The molecule has 3 aromatic rings. The molecule has 2 heterocycles. The first-order chi connectivity index (χ1) is 15.5. The number of anilines is 1. The van der Waals surface area contributed by atoms with E-state index in [1.165, 1.54) is 0 Å². The maximum Gasteiger partial charge on any atom is 0.254 e. The number of hydrogen-bond donors (Lipinski definition) is 0. The van der Waals surface area contributed by atoms with E-state index >= 15 is 0 Å². The van der Waals surface area contributed by atoms with Crippen molar-refractivity contribution < 1.29 is 14.3 Å². The molecule has 168 valence electrons. The molecule has 1 aliphatic rings. The Morgan fingerprint density at radius 3 is 2.62 bits per heavy atom. The topological polar surface area (TPSA) is 54.9 Å². The number of amides is 1. The maximum absolute atomic E-state index is 13.5. The molecule has 0 bridgehead atoms. The van der Waals surface area contributed by atoms with Gasteiger partial charge in [-0.15, -0.1) is 0 Å². The van der Waals surface area contributed by atoms with Crippen molar-refractivity contribution in [1.82, 2.24) is 9.88 Å². The van der Waals surface area contributed by atoms with Gasteiger partial charge in [0.05, 0.1) is 18.7 Å². The number of pyridine rings is 1. The summed E-state index contributed by atoms with van der Waals surface area (Å²) >= 11 is 0. The molecular formula is C26H31N3O3. The van der Waals surface area contributed by atoms with Crippen LogP contribution in [0.25, 0.3) is 10.9 Å². The van der Waals surface area contributed by atoms with Crippen molar-refractivity contribution >= 4 is 22.6 Å². The molecule has 0 radical (unpaired) electrons. The van der Waals surface area contributed by atoms with Crippen LogP contribution < -0.4 is 9.64 Å². The summed E-state index contributed by atoms with van der Waals surface area (Å²) < 4.78 is 11.1. The van der Waals surface area contributed by atoms with E-state index in [-0.39, 0.29) is 12.0 Å². The Bertz CT molecular complexity index is 1090. The van der Waals surface area contributed by atoms with Gasteiger partial charge in [0.1, 0.15) is 11.6 Å². The molecule has 0 spiro atoms. The summed E-state index contributed by atoms with van der Waals surface area (Å²) in [6.07, 6.45) is 2.08. The van der Waals surface area contributed by atoms with E-state index in [1.807, 2.05) is 54.2 Å². The van der Waals surface area contributed by atoms with Crippen LogP contribution in [0.5, 0.6) is 5.75 Å². The Morgan fingerprint density at radius 1 is 1.19 bits per heavy atom. The molecule has 1 aromatic heterocycles. The van der Waals surface area contributed by atoms with E-state index < -0.39 is 0 Å². The Hall–Kier alpha value is -3.12. The summed E-state index contributed by atoms with van der Waals surface area (Å²) in [4.78, 5) is 22.4. The van der Waals surface area contributed by atoms with Gasteiger partial charge in [-0.1, -0.05) is 18.2 Å². The summed E-state index contributed by atoms with van der Waals surface area (Å²) in [6, 6.07) is 15.6. The number of fused-ring (bicyclic) bond motifs is 1. The second-order valence-corrected chi connectivity index (χ2v) is 8.56. The second kappa shape index (κ2) is 9.57. The third-order valence-electron chi connectivity index (χ3n) is 5.96. The fourth-order valence-electron chi connectivity index (χ4n) is 4.26. The van der Waals surface area contributed by atoms with Crippen molar-refractivity contribution in [2.75, 3.05) is 39.3 Å². The van der Waals surface area contributed by atoms with E-state index in [1.54, 1.807) is 7.11 Å². The molecule has 1 saturated heterocycles. The zero-order chi connectivity index (χ0) is 22.7. The van der Waals surface area contributed by atoms with Crippen LogP contribution >= 0.6 is 0 Å². The number of carbonyl (C=O) groups is 1. The lowest BCUT2D eigenvalue weighted by Gasteiger charge is -2.28. The first-order valence-electron chi connectivity index (χ1n) is 11.1. The van der Waals surface area contributed by atoms with Crippen LogP contribution in [-0.4, -0.2) is 56.3 Å². The van der Waals surface area contributed by atoms with Gasteiger partial charge in [0.25, 0.3) is 5.91 Å². The van der Waals surface area contributed by atoms with Gasteiger partial charge in [0, 0.05) is 50.3 Å². The Kier molecular flexibility index (Phi) is 6.61. The molecule has 2 aromatic carbocycles. The van der Waals surface area contributed by atoms with Crippen LogP contribution in [0.4, 0.5) is 5.82 Å².